The molecule has 1 unspecified atom stereocenters. The Bertz CT molecular complexity index is 354. The van der Waals surface area contributed by atoms with Gasteiger partial charge in [0.2, 0.25) is 0 Å². The number of benzene rings is 1. The lowest BCUT2D eigenvalue weighted by molar-refractivity contribution is -0.545. The van der Waals surface area contributed by atoms with Crippen LogP contribution in [0.3, 0.4) is 0 Å². The average Bonchev–Trinajstić information content (AvgIpc) is 2.26. The molecule has 1 atom stereocenters. The smallest absolute Gasteiger partial charge is 0.423 e. The molecule has 0 spiro atoms. The normalized spacial score (nSPS) is 11.5. The van der Waals surface area contributed by atoms with Crippen molar-refractivity contribution in [3.05, 3.63) is 40.4 Å². The Labute approximate surface area is 84.9 Å². The average molecular weight is 211 g/mol. The molecule has 0 heterocycles. The van der Waals surface area contributed by atoms with Crippen molar-refractivity contribution in [3.8, 4) is 5.75 Å². The number of nitrogens with one attached hydrogen (secondary N) is 1. The van der Waals surface area contributed by atoms with Crippen LogP contribution in [0, 0.1) is 10.1 Å². The van der Waals surface area contributed by atoms with E-state index in [-0.39, 0.29) is 5.75 Å². The van der Waals surface area contributed by atoms with E-state index in [9.17, 15) is 14.9 Å². The molecule has 0 aliphatic carbocycles. The third-order valence-electron chi connectivity index (χ3n) is 1.55. The Morgan fingerprint density at radius 2 is 2.07 bits per heavy atom. The number of hydrazine groups is 1. The fraction of sp³-hybridized carbons (Fsp3) is 0.125. The van der Waals surface area contributed by atoms with Crippen LogP contribution in [-0.4, -0.2) is 17.1 Å². The zero-order chi connectivity index (χ0) is 11.3. The van der Waals surface area contributed by atoms with Gasteiger partial charge in [-0.1, -0.05) is 18.2 Å². The summed E-state index contributed by atoms with van der Waals surface area (Å²) in [7, 11) is 0. The Morgan fingerprint density at radius 1 is 1.47 bits per heavy atom. The second kappa shape index (κ2) is 4.91. The molecular formula is C8H9N3O4. The van der Waals surface area contributed by atoms with E-state index < -0.39 is 17.1 Å². The molecule has 0 aliphatic rings. The second-order valence-corrected chi connectivity index (χ2v) is 2.58. The molecule has 7 heteroatoms. The minimum absolute atomic E-state index is 0.225. The van der Waals surface area contributed by atoms with Gasteiger partial charge >= 0.3 is 12.1 Å². The van der Waals surface area contributed by atoms with Gasteiger partial charge in [0.15, 0.2) is 0 Å². The van der Waals surface area contributed by atoms with E-state index in [0.29, 0.717) is 0 Å². The van der Waals surface area contributed by atoms with Gasteiger partial charge in [-0.2, -0.15) is 0 Å². The lowest BCUT2D eigenvalue weighted by Gasteiger charge is -2.09. The Hall–Kier alpha value is -2.15. The SMILES string of the molecule is NNC(=O)C(Oc1ccccc1)[N+](=O)[O-]. The highest BCUT2D eigenvalue weighted by Crippen LogP contribution is 2.11. The summed E-state index contributed by atoms with van der Waals surface area (Å²) in [6.07, 6.45) is -1.84. The first-order chi connectivity index (χ1) is 7.15. The molecule has 1 amide bonds. The van der Waals surface area contributed by atoms with Crippen molar-refractivity contribution in [1.29, 1.82) is 0 Å². The second-order valence-electron chi connectivity index (χ2n) is 2.58. The molecule has 80 valence electrons. The van der Waals surface area contributed by atoms with Crippen LogP contribution in [-0.2, 0) is 4.79 Å². The van der Waals surface area contributed by atoms with Crippen molar-refractivity contribution in [2.24, 2.45) is 5.84 Å². The molecule has 3 N–H and O–H groups in total. The number of nitrogens with zero attached hydrogens (tertiary/aromatic N) is 1. The molecule has 0 saturated carbocycles. The fourth-order valence-electron chi connectivity index (χ4n) is 0.892. The first kappa shape index (κ1) is 10.9. The van der Waals surface area contributed by atoms with E-state index >= 15 is 0 Å². The lowest BCUT2D eigenvalue weighted by Crippen LogP contribution is -2.46. The maximum absolute atomic E-state index is 11.0. The maximum atomic E-state index is 11.0. The molecule has 0 aliphatic heterocycles. The molecule has 0 saturated heterocycles. The summed E-state index contributed by atoms with van der Waals surface area (Å²) in [6.45, 7) is 0. The first-order valence-corrected chi connectivity index (χ1v) is 4.01. The topological polar surface area (TPSA) is 107 Å². The van der Waals surface area contributed by atoms with Crippen LogP contribution in [0.25, 0.3) is 0 Å². The number of rotatable bonds is 4. The van der Waals surface area contributed by atoms with Crippen LogP contribution in [0.15, 0.2) is 30.3 Å². The number of para-hydroxylation sites is 1. The van der Waals surface area contributed by atoms with E-state index in [1.807, 2.05) is 0 Å². The lowest BCUT2D eigenvalue weighted by atomic mass is 10.3. The van der Waals surface area contributed by atoms with E-state index in [1.165, 1.54) is 12.1 Å². The van der Waals surface area contributed by atoms with Crippen molar-refractivity contribution >= 4 is 5.91 Å². The van der Waals surface area contributed by atoms with Gasteiger partial charge in [0.1, 0.15) is 5.75 Å². The number of hydrogen-bond donors (Lipinski definition) is 2. The molecule has 1 aromatic rings. The Balaban J connectivity index is 2.76. The van der Waals surface area contributed by atoms with E-state index in [2.05, 4.69) is 0 Å². The van der Waals surface area contributed by atoms with Crippen molar-refractivity contribution < 1.29 is 14.5 Å². The largest absolute Gasteiger partial charge is 0.434 e. The predicted octanol–water partition coefficient (Wildman–Crippen LogP) is -0.342. The number of hydrogen-bond acceptors (Lipinski definition) is 5. The summed E-state index contributed by atoms with van der Waals surface area (Å²) in [5.74, 6) is 3.99. The van der Waals surface area contributed by atoms with Gasteiger partial charge in [-0.15, -0.1) is 0 Å². The van der Waals surface area contributed by atoms with E-state index in [0.717, 1.165) is 0 Å². The highest BCUT2D eigenvalue weighted by molar-refractivity contribution is 5.78. The monoisotopic (exact) mass is 211 g/mol. The molecular weight excluding hydrogens is 202 g/mol. The maximum Gasteiger partial charge on any atom is 0.434 e. The summed E-state index contributed by atoms with van der Waals surface area (Å²) < 4.78 is 4.84. The van der Waals surface area contributed by atoms with Crippen molar-refractivity contribution in [1.82, 2.24) is 5.43 Å². The summed E-state index contributed by atoms with van der Waals surface area (Å²) in [4.78, 5) is 20.6. The van der Waals surface area contributed by atoms with Crippen LogP contribution in [0.4, 0.5) is 0 Å². The predicted molar refractivity (Wildman–Crippen MR) is 50.2 cm³/mol. The minimum Gasteiger partial charge on any atom is -0.423 e. The van der Waals surface area contributed by atoms with Gasteiger partial charge in [-0.05, 0) is 12.1 Å². The molecule has 1 aromatic carbocycles. The molecule has 0 fully saturated rings. The standard InChI is InChI=1S/C8H9N3O4/c9-10-7(12)8(11(13)14)15-6-4-2-1-3-5-6/h1-5,8H,9H2,(H,10,12). The number of ether oxygens (including phenoxy) is 1. The van der Waals surface area contributed by atoms with Crippen molar-refractivity contribution in [3.63, 3.8) is 0 Å². The third-order valence-corrected chi connectivity index (χ3v) is 1.55. The minimum atomic E-state index is -1.84. The molecule has 0 aromatic heterocycles. The number of carbonyl (C=O) groups excluding carboxylic acids is 1. The van der Waals surface area contributed by atoms with Gasteiger partial charge < -0.3 is 4.74 Å². The van der Waals surface area contributed by atoms with Gasteiger partial charge in [-0.25, -0.2) is 5.84 Å². The van der Waals surface area contributed by atoms with Gasteiger partial charge in [0.25, 0.3) is 0 Å². The number of amides is 1. The molecule has 1 rings (SSSR count). The summed E-state index contributed by atoms with van der Waals surface area (Å²) in [5, 5.41) is 10.5. The molecule has 0 bridgehead atoms. The van der Waals surface area contributed by atoms with Gasteiger partial charge in [-0.3, -0.25) is 20.3 Å². The van der Waals surface area contributed by atoms with Crippen molar-refractivity contribution in [2.75, 3.05) is 0 Å². The van der Waals surface area contributed by atoms with Gasteiger partial charge in [0, 0.05) is 0 Å². The highest BCUT2D eigenvalue weighted by atomic mass is 16.7. The molecule has 15 heavy (non-hydrogen) atoms. The highest BCUT2D eigenvalue weighted by Gasteiger charge is 2.31. The van der Waals surface area contributed by atoms with Gasteiger partial charge in [0.05, 0.1) is 4.92 Å². The molecule has 7 nitrogen and oxygen atoms in total. The fourth-order valence-corrected chi connectivity index (χ4v) is 0.892. The number of nitro groups is 1. The van der Waals surface area contributed by atoms with Crippen molar-refractivity contribution in [2.45, 2.75) is 6.23 Å². The zero-order valence-corrected chi connectivity index (χ0v) is 7.62. The summed E-state index contributed by atoms with van der Waals surface area (Å²) in [5.41, 5.74) is 1.66. The van der Waals surface area contributed by atoms with Crippen LogP contribution in [0.2, 0.25) is 0 Å². The zero-order valence-electron chi connectivity index (χ0n) is 7.62. The van der Waals surface area contributed by atoms with E-state index in [1.54, 1.807) is 23.6 Å². The third kappa shape index (κ3) is 2.92. The summed E-state index contributed by atoms with van der Waals surface area (Å²) >= 11 is 0. The van der Waals surface area contributed by atoms with E-state index in [4.69, 9.17) is 10.6 Å². The Morgan fingerprint density at radius 3 is 2.53 bits per heavy atom. The number of nitrogens with two attached hydrogens (primary N) is 1. The van der Waals surface area contributed by atoms with Crippen LogP contribution < -0.4 is 16.0 Å². The quantitative estimate of drug-likeness (QED) is 0.233. The van der Waals surface area contributed by atoms with Crippen LogP contribution >= 0.6 is 0 Å². The first-order valence-electron chi connectivity index (χ1n) is 4.01. The molecule has 0 radical (unpaired) electrons. The summed E-state index contributed by atoms with van der Waals surface area (Å²) in [6, 6.07) is 7.98. The number of carbonyl (C=O) groups is 1. The van der Waals surface area contributed by atoms with Crippen LogP contribution in [0.5, 0.6) is 5.75 Å². The Kier molecular flexibility index (Phi) is 3.58. The van der Waals surface area contributed by atoms with Crippen LogP contribution in [0.1, 0.15) is 0 Å².